The summed E-state index contributed by atoms with van der Waals surface area (Å²) in [6, 6.07) is 9.89. The molecule has 1 aromatic carbocycles. The zero-order valence-electron chi connectivity index (χ0n) is 20.0. The number of hydrogen-bond acceptors (Lipinski definition) is 9. The van der Waals surface area contributed by atoms with Crippen LogP contribution in [0.5, 0.6) is 5.75 Å². The van der Waals surface area contributed by atoms with Crippen molar-refractivity contribution in [3.05, 3.63) is 83.2 Å². The summed E-state index contributed by atoms with van der Waals surface area (Å²) in [5.41, 5.74) is 1.26. The van der Waals surface area contributed by atoms with Crippen molar-refractivity contribution < 1.29 is 29.0 Å². The summed E-state index contributed by atoms with van der Waals surface area (Å²) < 4.78 is 12.5. The van der Waals surface area contributed by atoms with Gasteiger partial charge in [0.15, 0.2) is 4.80 Å². The topological polar surface area (TPSA) is 124 Å². The first-order chi connectivity index (χ1) is 17.1. The van der Waals surface area contributed by atoms with Gasteiger partial charge in [-0.25, -0.2) is 9.79 Å². The lowest BCUT2D eigenvalue weighted by Gasteiger charge is -2.24. The first-order valence-electron chi connectivity index (χ1n) is 10.8. The molecule has 0 amide bonds. The molecule has 0 aliphatic carbocycles. The van der Waals surface area contributed by atoms with Gasteiger partial charge in [-0.2, -0.15) is 0 Å². The highest BCUT2D eigenvalue weighted by Gasteiger charge is 2.33. The number of rotatable bonds is 5. The highest BCUT2D eigenvalue weighted by atomic mass is 32.1. The SMILES string of the molecule is CC(=O)O.CCOC(=O)C1=C(C)N=c2s/c(=C/c3cccs3)c(=O)n2C1c1ccc(OC(C)=O)cc1. The number of aromatic nitrogens is 1. The molecule has 9 nitrogen and oxygen atoms in total. The fourth-order valence-electron chi connectivity index (χ4n) is 3.49. The van der Waals surface area contributed by atoms with Gasteiger partial charge in [0.1, 0.15) is 5.75 Å². The van der Waals surface area contributed by atoms with Gasteiger partial charge >= 0.3 is 11.9 Å². The van der Waals surface area contributed by atoms with Crippen LogP contribution in [0.4, 0.5) is 0 Å². The maximum atomic E-state index is 13.4. The fraction of sp³-hybridized carbons (Fsp3) is 0.240. The molecule has 1 aliphatic rings. The molecular weight excluding hydrogens is 504 g/mol. The van der Waals surface area contributed by atoms with Crippen LogP contribution in [0.1, 0.15) is 44.2 Å². The molecular formula is C25H24N2O7S2. The van der Waals surface area contributed by atoms with E-state index in [1.54, 1.807) is 38.1 Å². The summed E-state index contributed by atoms with van der Waals surface area (Å²) in [5.74, 6) is -1.40. The van der Waals surface area contributed by atoms with Crippen LogP contribution in [0.25, 0.3) is 6.08 Å². The van der Waals surface area contributed by atoms with E-state index in [4.69, 9.17) is 19.4 Å². The van der Waals surface area contributed by atoms with Crippen LogP contribution >= 0.6 is 22.7 Å². The predicted molar refractivity (Wildman–Crippen MR) is 136 cm³/mol. The Labute approximate surface area is 214 Å². The Morgan fingerprint density at radius 2 is 1.83 bits per heavy atom. The molecule has 4 rings (SSSR count). The number of hydrogen-bond donors (Lipinski definition) is 1. The van der Waals surface area contributed by atoms with Crippen molar-refractivity contribution in [2.24, 2.45) is 4.99 Å². The average molecular weight is 529 g/mol. The van der Waals surface area contributed by atoms with E-state index < -0.39 is 23.9 Å². The van der Waals surface area contributed by atoms with E-state index in [-0.39, 0.29) is 12.2 Å². The number of fused-ring (bicyclic) bond motifs is 1. The second-order valence-corrected chi connectivity index (χ2v) is 9.49. The Bertz CT molecular complexity index is 1480. The standard InChI is InChI=1S/C23H20N2O5S2.C2H4O2/c1-4-29-22(28)19-13(2)24-23-25(21(27)18(32-23)12-17-6-5-11-31-17)20(19)15-7-9-16(10-8-15)30-14(3)26;1-2(3)4/h5-12,20H,4H2,1-3H3;1H3,(H,3,4)/b18-12+;. The highest BCUT2D eigenvalue weighted by molar-refractivity contribution is 7.11. The Morgan fingerprint density at radius 3 is 2.39 bits per heavy atom. The molecule has 0 bridgehead atoms. The van der Waals surface area contributed by atoms with Crippen molar-refractivity contribution in [3.8, 4) is 5.75 Å². The molecule has 0 saturated heterocycles. The monoisotopic (exact) mass is 528 g/mol. The Morgan fingerprint density at radius 1 is 1.17 bits per heavy atom. The van der Waals surface area contributed by atoms with Crippen molar-refractivity contribution >= 4 is 46.7 Å². The first kappa shape index (κ1) is 26.8. The van der Waals surface area contributed by atoms with Gasteiger partial charge in [0.05, 0.1) is 28.5 Å². The van der Waals surface area contributed by atoms with Crippen molar-refractivity contribution in [1.82, 2.24) is 4.57 Å². The van der Waals surface area contributed by atoms with Crippen molar-refractivity contribution in [1.29, 1.82) is 0 Å². The molecule has 3 heterocycles. The summed E-state index contributed by atoms with van der Waals surface area (Å²) in [7, 11) is 0. The van der Waals surface area contributed by atoms with Gasteiger partial charge in [-0.1, -0.05) is 29.5 Å². The van der Waals surface area contributed by atoms with E-state index in [9.17, 15) is 14.4 Å². The third-order valence-electron chi connectivity index (χ3n) is 4.79. The summed E-state index contributed by atoms with van der Waals surface area (Å²) >= 11 is 2.82. The zero-order chi connectivity index (χ0) is 26.4. The van der Waals surface area contributed by atoms with Crippen LogP contribution in [0.2, 0.25) is 0 Å². The molecule has 36 heavy (non-hydrogen) atoms. The maximum Gasteiger partial charge on any atom is 0.338 e. The number of nitrogens with zero attached hydrogens (tertiary/aromatic N) is 2. The molecule has 0 saturated carbocycles. The van der Waals surface area contributed by atoms with Gasteiger partial charge in [-0.05, 0) is 49.1 Å². The summed E-state index contributed by atoms with van der Waals surface area (Å²) in [6.07, 6.45) is 1.83. The number of carboxylic acid groups (broad SMARTS) is 1. The minimum Gasteiger partial charge on any atom is -0.481 e. The molecule has 3 aromatic rings. The van der Waals surface area contributed by atoms with Crippen LogP contribution in [-0.2, 0) is 19.1 Å². The molecule has 11 heteroatoms. The molecule has 1 atom stereocenters. The van der Waals surface area contributed by atoms with E-state index in [0.717, 1.165) is 11.8 Å². The summed E-state index contributed by atoms with van der Waals surface area (Å²) in [6.45, 7) is 6.08. The summed E-state index contributed by atoms with van der Waals surface area (Å²) in [5, 5.41) is 9.36. The van der Waals surface area contributed by atoms with Crippen molar-refractivity contribution in [3.63, 3.8) is 0 Å². The summed E-state index contributed by atoms with van der Waals surface area (Å²) in [4.78, 5) is 52.5. The van der Waals surface area contributed by atoms with Gasteiger partial charge in [-0.15, -0.1) is 11.3 Å². The molecule has 1 N–H and O–H groups in total. The number of thiophene rings is 1. The zero-order valence-corrected chi connectivity index (χ0v) is 21.6. The molecule has 1 aliphatic heterocycles. The number of allylic oxidation sites excluding steroid dienone is 1. The van der Waals surface area contributed by atoms with Gasteiger partial charge in [0.25, 0.3) is 11.5 Å². The molecule has 188 valence electrons. The highest BCUT2D eigenvalue weighted by Crippen LogP contribution is 2.31. The third-order valence-corrected chi connectivity index (χ3v) is 6.59. The van der Waals surface area contributed by atoms with Crippen LogP contribution in [0, 0.1) is 0 Å². The number of carbonyl (C=O) groups excluding carboxylic acids is 2. The smallest absolute Gasteiger partial charge is 0.338 e. The van der Waals surface area contributed by atoms with E-state index in [1.807, 2.05) is 23.6 Å². The number of esters is 2. The number of ether oxygens (including phenoxy) is 2. The molecule has 0 spiro atoms. The molecule has 1 unspecified atom stereocenters. The number of carbonyl (C=O) groups is 3. The van der Waals surface area contributed by atoms with Crippen LogP contribution in [0.15, 0.2) is 62.8 Å². The number of benzene rings is 1. The van der Waals surface area contributed by atoms with Crippen LogP contribution in [-0.4, -0.2) is 34.2 Å². The van der Waals surface area contributed by atoms with Gasteiger partial charge in [-0.3, -0.25) is 19.0 Å². The van der Waals surface area contributed by atoms with E-state index in [1.165, 1.54) is 34.2 Å². The Balaban J connectivity index is 0.000000840. The average Bonchev–Trinajstić information content (AvgIpc) is 3.41. The quantitative estimate of drug-likeness (QED) is 0.399. The van der Waals surface area contributed by atoms with E-state index in [2.05, 4.69) is 4.99 Å². The number of carboxylic acids is 1. The normalized spacial score (nSPS) is 14.8. The molecule has 2 aromatic heterocycles. The third kappa shape index (κ3) is 6.23. The lowest BCUT2D eigenvalue weighted by atomic mass is 9.96. The van der Waals surface area contributed by atoms with Crippen LogP contribution < -0.4 is 19.6 Å². The second kappa shape index (κ2) is 11.7. The maximum absolute atomic E-state index is 13.4. The van der Waals surface area contributed by atoms with Gasteiger partial charge < -0.3 is 14.6 Å². The number of thiazole rings is 1. The van der Waals surface area contributed by atoms with Crippen molar-refractivity contribution in [2.75, 3.05) is 6.61 Å². The second-order valence-electron chi connectivity index (χ2n) is 7.50. The molecule has 0 radical (unpaired) electrons. The van der Waals surface area contributed by atoms with E-state index in [0.29, 0.717) is 31.9 Å². The predicted octanol–water partition coefficient (Wildman–Crippen LogP) is 2.88. The Hall–Kier alpha value is -3.83. The van der Waals surface area contributed by atoms with Crippen molar-refractivity contribution in [2.45, 2.75) is 33.7 Å². The lowest BCUT2D eigenvalue weighted by Crippen LogP contribution is -2.39. The largest absolute Gasteiger partial charge is 0.481 e. The van der Waals surface area contributed by atoms with Crippen LogP contribution in [0.3, 0.4) is 0 Å². The number of aliphatic carboxylic acids is 1. The van der Waals surface area contributed by atoms with Gasteiger partial charge in [0, 0.05) is 18.7 Å². The lowest BCUT2D eigenvalue weighted by molar-refractivity contribution is -0.139. The molecule has 0 fully saturated rings. The first-order valence-corrected chi connectivity index (χ1v) is 12.5. The Kier molecular flexibility index (Phi) is 8.73. The van der Waals surface area contributed by atoms with Gasteiger partial charge in [0.2, 0.25) is 0 Å². The minimum absolute atomic E-state index is 0.205. The minimum atomic E-state index is -0.833. The fourth-order valence-corrected chi connectivity index (χ4v) is 5.26. The van der Waals surface area contributed by atoms with E-state index >= 15 is 0 Å².